The number of rotatable bonds is 0. The van der Waals surface area contributed by atoms with E-state index in [0.717, 1.165) is 5.69 Å². The van der Waals surface area contributed by atoms with Gasteiger partial charge in [0.1, 0.15) is 0 Å². The first-order valence-corrected chi connectivity index (χ1v) is 3.43. The Morgan fingerprint density at radius 2 is 2.00 bits per heavy atom. The van der Waals surface area contributed by atoms with Crippen LogP contribution in [0.2, 0.25) is 0 Å². The molecule has 0 bridgehead atoms. The topological polar surface area (TPSA) is 37.8 Å². The Morgan fingerprint density at radius 3 is 2.10 bits per heavy atom. The molecule has 0 fully saturated rings. The fourth-order valence-electron chi connectivity index (χ4n) is 0.572. The van der Waals surface area contributed by atoms with Gasteiger partial charge in [-0.2, -0.15) is 0 Å². The fourth-order valence-corrected chi connectivity index (χ4v) is 0.572. The number of aromatic nitrogens is 2. The molecule has 0 unspecified atom stereocenters. The lowest BCUT2D eigenvalue weighted by molar-refractivity contribution is 0.731. The third-order valence-corrected chi connectivity index (χ3v) is 1.15. The third kappa shape index (κ3) is 2.09. The summed E-state index contributed by atoms with van der Waals surface area (Å²) in [4.78, 5) is 10.4. The number of nitrogens with zero attached hydrogens (tertiary/aromatic N) is 1. The molecular weight excluding hydrogens is 128 g/mol. The van der Waals surface area contributed by atoms with E-state index >= 15 is 0 Å². The average molecular weight is 142 g/mol. The highest BCUT2D eigenvalue weighted by Gasteiger charge is 1.89. The fraction of sp³-hybridized carbons (Fsp3) is 0.571. The van der Waals surface area contributed by atoms with Crippen LogP contribution in [0.3, 0.4) is 0 Å². The number of H-pyrrole nitrogens is 1. The minimum atomic E-state index is -0.0370. The second-order valence-corrected chi connectivity index (χ2v) is 1.82. The van der Waals surface area contributed by atoms with Gasteiger partial charge < -0.3 is 0 Å². The minimum absolute atomic E-state index is 0.0370. The molecule has 0 spiro atoms. The van der Waals surface area contributed by atoms with Crippen LogP contribution in [-0.4, -0.2) is 9.78 Å². The molecule has 10 heavy (non-hydrogen) atoms. The summed E-state index contributed by atoms with van der Waals surface area (Å²) in [5.74, 6) is 0. The van der Waals surface area contributed by atoms with Crippen LogP contribution in [0.4, 0.5) is 0 Å². The van der Waals surface area contributed by atoms with E-state index in [1.54, 1.807) is 17.8 Å². The molecular formula is C7H14N2O. The summed E-state index contributed by atoms with van der Waals surface area (Å²) in [5, 5.41) is 2.57. The lowest BCUT2D eigenvalue weighted by atomic mass is 10.5. The quantitative estimate of drug-likeness (QED) is 0.577. The van der Waals surface area contributed by atoms with Gasteiger partial charge in [0.15, 0.2) is 0 Å². The highest BCUT2D eigenvalue weighted by Crippen LogP contribution is 1.83. The van der Waals surface area contributed by atoms with Crippen molar-refractivity contribution in [1.29, 1.82) is 0 Å². The van der Waals surface area contributed by atoms with Crippen LogP contribution >= 0.6 is 0 Å². The Hall–Kier alpha value is -0.990. The second kappa shape index (κ2) is 3.93. The van der Waals surface area contributed by atoms with Gasteiger partial charge >= 0.3 is 0 Å². The second-order valence-electron chi connectivity index (χ2n) is 1.82. The van der Waals surface area contributed by atoms with Gasteiger partial charge in [-0.25, -0.2) is 0 Å². The van der Waals surface area contributed by atoms with Crippen LogP contribution in [-0.2, 0) is 7.05 Å². The van der Waals surface area contributed by atoms with Crippen molar-refractivity contribution in [3.05, 3.63) is 22.1 Å². The molecule has 1 aromatic heterocycles. The maximum absolute atomic E-state index is 10.4. The molecule has 0 aromatic carbocycles. The van der Waals surface area contributed by atoms with E-state index in [1.807, 2.05) is 20.8 Å². The molecule has 0 saturated carbocycles. The molecule has 0 aliphatic rings. The van der Waals surface area contributed by atoms with E-state index in [4.69, 9.17) is 0 Å². The zero-order valence-electron chi connectivity index (χ0n) is 6.93. The maximum Gasteiger partial charge on any atom is 0.264 e. The minimum Gasteiger partial charge on any atom is -0.293 e. The van der Waals surface area contributed by atoms with Gasteiger partial charge in [-0.3, -0.25) is 14.6 Å². The van der Waals surface area contributed by atoms with E-state index < -0.39 is 0 Å². The van der Waals surface area contributed by atoms with E-state index in [9.17, 15) is 4.79 Å². The average Bonchev–Trinajstić information content (AvgIpc) is 2.16. The Bertz CT molecular complexity index is 211. The zero-order chi connectivity index (χ0) is 8.15. The van der Waals surface area contributed by atoms with Gasteiger partial charge in [-0.1, -0.05) is 13.8 Å². The Balaban J connectivity index is 0.000000371. The number of hydrogen-bond donors (Lipinski definition) is 1. The third-order valence-electron chi connectivity index (χ3n) is 1.15. The smallest absolute Gasteiger partial charge is 0.264 e. The lowest BCUT2D eigenvalue weighted by Gasteiger charge is -1.89. The van der Waals surface area contributed by atoms with Crippen molar-refractivity contribution in [2.75, 3.05) is 0 Å². The Morgan fingerprint density at radius 1 is 1.50 bits per heavy atom. The molecule has 0 radical (unpaired) electrons. The van der Waals surface area contributed by atoms with Crippen LogP contribution in [0.1, 0.15) is 19.5 Å². The summed E-state index contributed by atoms with van der Waals surface area (Å²) in [6.45, 7) is 5.87. The van der Waals surface area contributed by atoms with Crippen molar-refractivity contribution in [2.45, 2.75) is 20.8 Å². The van der Waals surface area contributed by atoms with Crippen molar-refractivity contribution in [3.63, 3.8) is 0 Å². The van der Waals surface area contributed by atoms with Crippen molar-refractivity contribution >= 4 is 0 Å². The molecule has 1 N–H and O–H groups in total. The Kier molecular flexibility index (Phi) is 3.54. The summed E-state index contributed by atoms with van der Waals surface area (Å²) in [5.41, 5.74) is 0.917. The molecule has 1 heterocycles. The molecule has 0 aliphatic heterocycles. The predicted molar refractivity (Wildman–Crippen MR) is 42.1 cm³/mol. The van der Waals surface area contributed by atoms with Gasteiger partial charge in [0.05, 0.1) is 0 Å². The SMILES string of the molecule is CC.Cc1cc(=O)[nH]n1C. The van der Waals surface area contributed by atoms with Crippen LogP contribution < -0.4 is 5.56 Å². The van der Waals surface area contributed by atoms with Crippen LogP contribution in [0, 0.1) is 6.92 Å². The van der Waals surface area contributed by atoms with Crippen LogP contribution in [0.15, 0.2) is 10.9 Å². The molecule has 58 valence electrons. The lowest BCUT2D eigenvalue weighted by Crippen LogP contribution is -2.00. The van der Waals surface area contributed by atoms with Crippen molar-refractivity contribution in [1.82, 2.24) is 9.78 Å². The molecule has 3 heteroatoms. The highest BCUT2D eigenvalue weighted by atomic mass is 16.1. The molecule has 3 nitrogen and oxygen atoms in total. The predicted octanol–water partition coefficient (Wildman–Crippen LogP) is 1.05. The first kappa shape index (κ1) is 9.01. The standard InChI is InChI=1S/C5H8N2O.C2H6/c1-4-3-5(8)6-7(4)2;1-2/h3H,1-2H3,(H,6,8);1-2H3. The number of aryl methyl sites for hydroxylation is 2. The molecule has 0 amide bonds. The van der Waals surface area contributed by atoms with E-state index in [0.29, 0.717) is 0 Å². The summed E-state index contributed by atoms with van der Waals surface area (Å²) < 4.78 is 1.68. The Labute approximate surface area is 60.7 Å². The van der Waals surface area contributed by atoms with Gasteiger partial charge in [-0.05, 0) is 6.92 Å². The van der Waals surface area contributed by atoms with E-state index in [2.05, 4.69) is 5.10 Å². The first-order valence-electron chi connectivity index (χ1n) is 3.43. The van der Waals surface area contributed by atoms with Crippen LogP contribution in [0.5, 0.6) is 0 Å². The molecule has 0 saturated heterocycles. The maximum atomic E-state index is 10.4. The van der Waals surface area contributed by atoms with Gasteiger partial charge in [0, 0.05) is 18.8 Å². The van der Waals surface area contributed by atoms with Crippen LogP contribution in [0.25, 0.3) is 0 Å². The van der Waals surface area contributed by atoms with E-state index in [-0.39, 0.29) is 5.56 Å². The molecule has 0 atom stereocenters. The summed E-state index contributed by atoms with van der Waals surface area (Å²) >= 11 is 0. The normalized spacial score (nSPS) is 8.40. The monoisotopic (exact) mass is 142 g/mol. The largest absolute Gasteiger partial charge is 0.293 e. The highest BCUT2D eigenvalue weighted by molar-refractivity contribution is 4.95. The summed E-state index contributed by atoms with van der Waals surface area (Å²) in [7, 11) is 1.80. The number of aromatic amines is 1. The van der Waals surface area contributed by atoms with Gasteiger partial charge in [0.25, 0.3) is 5.56 Å². The van der Waals surface area contributed by atoms with Crippen molar-refractivity contribution < 1.29 is 0 Å². The molecule has 1 aromatic rings. The molecule has 1 rings (SSSR count). The van der Waals surface area contributed by atoms with E-state index in [1.165, 1.54) is 0 Å². The summed E-state index contributed by atoms with van der Waals surface area (Å²) in [6.07, 6.45) is 0. The van der Waals surface area contributed by atoms with Gasteiger partial charge in [-0.15, -0.1) is 0 Å². The van der Waals surface area contributed by atoms with Gasteiger partial charge in [0.2, 0.25) is 0 Å². The van der Waals surface area contributed by atoms with Crippen molar-refractivity contribution in [3.8, 4) is 0 Å². The molecule has 0 aliphatic carbocycles. The first-order chi connectivity index (χ1) is 4.70. The van der Waals surface area contributed by atoms with Crippen molar-refractivity contribution in [2.24, 2.45) is 7.05 Å². The zero-order valence-corrected chi connectivity index (χ0v) is 6.93. The number of nitrogens with one attached hydrogen (secondary N) is 1. The summed E-state index contributed by atoms with van der Waals surface area (Å²) in [6, 6.07) is 1.56. The number of hydrogen-bond acceptors (Lipinski definition) is 1.